The molecule has 2 rings (SSSR count). The van der Waals surface area contributed by atoms with E-state index in [0.717, 1.165) is 6.07 Å². The number of rotatable bonds is 7. The minimum absolute atomic E-state index is 0.00181. The molecule has 1 amide bonds. The summed E-state index contributed by atoms with van der Waals surface area (Å²) in [6, 6.07) is 6.18. The van der Waals surface area contributed by atoms with Gasteiger partial charge in [0.1, 0.15) is 0 Å². The van der Waals surface area contributed by atoms with Crippen molar-refractivity contribution in [1.29, 1.82) is 0 Å². The van der Waals surface area contributed by atoms with Crippen molar-refractivity contribution in [3.05, 3.63) is 57.2 Å². The topological polar surface area (TPSA) is 85.6 Å². The second kappa shape index (κ2) is 8.87. The Labute approximate surface area is 162 Å². The monoisotopic (exact) mass is 417 g/mol. The van der Waals surface area contributed by atoms with Crippen molar-refractivity contribution in [1.82, 2.24) is 9.88 Å². The Bertz CT molecular complexity index is 863. The van der Waals surface area contributed by atoms with Gasteiger partial charge in [-0.25, -0.2) is 9.88 Å². The van der Waals surface area contributed by atoms with Gasteiger partial charge in [-0.15, -0.1) is 13.2 Å². The molecule has 0 aliphatic carbocycles. The van der Waals surface area contributed by atoms with Gasteiger partial charge in [0.25, 0.3) is 11.6 Å². The highest BCUT2D eigenvalue weighted by atomic mass is 35.5. The number of hydrogen-bond donors (Lipinski definition) is 0. The summed E-state index contributed by atoms with van der Waals surface area (Å²) in [5.41, 5.74) is -1.33. The molecule has 0 spiro atoms. The van der Waals surface area contributed by atoms with E-state index in [2.05, 4.69) is 4.98 Å². The SMILES string of the molecule is CCCCN(C(=O)c1cc([N+](=O)[O-])cc(Oc2ccccn2)c1Cl)C(F)(F)F. The van der Waals surface area contributed by atoms with Crippen LogP contribution >= 0.6 is 11.6 Å². The molecule has 150 valence electrons. The molecule has 1 aromatic carbocycles. The molecule has 0 radical (unpaired) electrons. The van der Waals surface area contributed by atoms with Crippen molar-refractivity contribution < 1.29 is 27.6 Å². The second-order valence-electron chi connectivity index (χ2n) is 5.61. The molecule has 0 atom stereocenters. The lowest BCUT2D eigenvalue weighted by Gasteiger charge is -2.25. The first-order valence-corrected chi connectivity index (χ1v) is 8.48. The normalized spacial score (nSPS) is 11.2. The average molecular weight is 418 g/mol. The second-order valence-corrected chi connectivity index (χ2v) is 5.99. The third kappa shape index (κ3) is 5.10. The van der Waals surface area contributed by atoms with Crippen LogP contribution in [0.25, 0.3) is 0 Å². The number of nitro benzene ring substituents is 1. The molecule has 0 saturated heterocycles. The Hall–Kier alpha value is -2.88. The van der Waals surface area contributed by atoms with Crippen LogP contribution in [0.4, 0.5) is 18.9 Å². The van der Waals surface area contributed by atoms with Gasteiger partial charge in [-0.3, -0.25) is 14.9 Å². The molecule has 1 aromatic heterocycles. The van der Waals surface area contributed by atoms with E-state index in [-0.39, 0.29) is 23.0 Å². The van der Waals surface area contributed by atoms with Crippen LogP contribution in [0.5, 0.6) is 11.6 Å². The number of aromatic nitrogens is 1. The Morgan fingerprint density at radius 2 is 2.07 bits per heavy atom. The first kappa shape index (κ1) is 21.4. The van der Waals surface area contributed by atoms with Crippen LogP contribution in [0.15, 0.2) is 36.5 Å². The van der Waals surface area contributed by atoms with E-state index >= 15 is 0 Å². The fourth-order valence-electron chi connectivity index (χ4n) is 2.24. The zero-order valence-corrected chi connectivity index (χ0v) is 15.3. The minimum Gasteiger partial charge on any atom is -0.437 e. The number of amides is 1. The van der Waals surface area contributed by atoms with Gasteiger partial charge in [0.15, 0.2) is 5.75 Å². The number of ether oxygens (including phenoxy) is 1. The minimum atomic E-state index is -4.97. The molecule has 0 aliphatic heterocycles. The highest BCUT2D eigenvalue weighted by Gasteiger charge is 2.42. The van der Waals surface area contributed by atoms with Gasteiger partial charge in [0, 0.05) is 24.9 Å². The first-order chi connectivity index (χ1) is 13.1. The average Bonchev–Trinajstić information content (AvgIpc) is 2.63. The number of benzene rings is 1. The number of unbranched alkanes of at least 4 members (excludes halogenated alkanes) is 1. The van der Waals surface area contributed by atoms with Gasteiger partial charge in [-0.2, -0.15) is 0 Å². The van der Waals surface area contributed by atoms with Crippen LogP contribution in [-0.2, 0) is 0 Å². The number of pyridine rings is 1. The van der Waals surface area contributed by atoms with Gasteiger partial charge < -0.3 is 4.74 Å². The Kier molecular flexibility index (Phi) is 6.79. The molecule has 0 N–H and O–H groups in total. The molecule has 7 nitrogen and oxygen atoms in total. The number of nitrogens with zero attached hydrogens (tertiary/aromatic N) is 3. The lowest BCUT2D eigenvalue weighted by atomic mass is 10.1. The molecule has 2 aromatic rings. The predicted molar refractivity (Wildman–Crippen MR) is 94.4 cm³/mol. The summed E-state index contributed by atoms with van der Waals surface area (Å²) in [5.74, 6) is -1.85. The van der Waals surface area contributed by atoms with Crippen molar-refractivity contribution in [2.24, 2.45) is 0 Å². The van der Waals surface area contributed by atoms with Gasteiger partial charge in [-0.05, 0) is 12.5 Å². The summed E-state index contributed by atoms with van der Waals surface area (Å²) in [6.45, 7) is 1.06. The van der Waals surface area contributed by atoms with Crippen LogP contribution in [0, 0.1) is 10.1 Å². The van der Waals surface area contributed by atoms with Gasteiger partial charge in [-0.1, -0.05) is 31.0 Å². The number of hydrogen-bond acceptors (Lipinski definition) is 5. The number of nitro groups is 1. The molecule has 28 heavy (non-hydrogen) atoms. The van der Waals surface area contributed by atoms with Gasteiger partial charge >= 0.3 is 6.30 Å². The van der Waals surface area contributed by atoms with E-state index in [1.807, 2.05) is 0 Å². The third-order valence-corrected chi connectivity index (χ3v) is 3.99. The first-order valence-electron chi connectivity index (χ1n) is 8.10. The van der Waals surface area contributed by atoms with Crippen LogP contribution in [0.2, 0.25) is 5.02 Å². The lowest BCUT2D eigenvalue weighted by Crippen LogP contribution is -2.43. The Morgan fingerprint density at radius 1 is 1.36 bits per heavy atom. The van der Waals surface area contributed by atoms with Crippen molar-refractivity contribution >= 4 is 23.2 Å². The van der Waals surface area contributed by atoms with Crippen molar-refractivity contribution in [3.63, 3.8) is 0 Å². The molecule has 1 heterocycles. The summed E-state index contributed by atoms with van der Waals surface area (Å²) in [5, 5.41) is 10.7. The smallest absolute Gasteiger partial charge is 0.437 e. The fraction of sp³-hybridized carbons (Fsp3) is 0.294. The molecule has 0 bridgehead atoms. The van der Waals surface area contributed by atoms with E-state index in [9.17, 15) is 28.1 Å². The maximum Gasteiger partial charge on any atom is 0.487 e. The van der Waals surface area contributed by atoms with Crippen molar-refractivity contribution in [2.75, 3.05) is 6.54 Å². The number of non-ortho nitro benzene ring substituents is 1. The highest BCUT2D eigenvalue weighted by molar-refractivity contribution is 6.35. The van der Waals surface area contributed by atoms with Crippen molar-refractivity contribution in [2.45, 2.75) is 26.1 Å². The Balaban J connectivity index is 2.52. The van der Waals surface area contributed by atoms with Crippen LogP contribution in [0.1, 0.15) is 30.1 Å². The fourth-order valence-corrected chi connectivity index (χ4v) is 2.47. The molecule has 0 fully saturated rings. The summed E-state index contributed by atoms with van der Waals surface area (Å²) < 4.78 is 45.3. The molecular weight excluding hydrogens is 403 g/mol. The van der Waals surface area contributed by atoms with E-state index in [1.165, 1.54) is 12.3 Å². The zero-order valence-electron chi connectivity index (χ0n) is 14.6. The van der Waals surface area contributed by atoms with Crippen LogP contribution < -0.4 is 4.74 Å². The predicted octanol–water partition coefficient (Wildman–Crippen LogP) is 5.20. The number of alkyl halides is 3. The Morgan fingerprint density at radius 3 is 2.61 bits per heavy atom. The molecule has 11 heteroatoms. The van der Waals surface area contributed by atoms with E-state index in [0.29, 0.717) is 12.5 Å². The highest BCUT2D eigenvalue weighted by Crippen LogP contribution is 2.37. The molecule has 0 aliphatic rings. The standard InChI is InChI=1S/C17H15ClF3N3O4/c1-2-3-8-23(17(19,20)21)16(25)12-9-11(24(26)27)10-13(15(12)18)28-14-6-4-5-7-22-14/h4-7,9-10H,2-3,8H2,1H3. The molecule has 0 unspecified atom stereocenters. The van der Waals surface area contributed by atoms with Crippen LogP contribution in [0.3, 0.4) is 0 Å². The maximum absolute atomic E-state index is 13.3. The molecular formula is C17H15ClF3N3O4. The van der Waals surface area contributed by atoms with Crippen molar-refractivity contribution in [3.8, 4) is 11.6 Å². The summed E-state index contributed by atoms with van der Waals surface area (Å²) in [4.78, 5) is 26.4. The van der Waals surface area contributed by atoms with Crippen LogP contribution in [-0.4, -0.2) is 33.6 Å². The number of halogens is 4. The molecule has 0 saturated carbocycles. The summed E-state index contributed by atoms with van der Waals surface area (Å²) in [7, 11) is 0. The van der Waals surface area contributed by atoms with E-state index < -0.39 is 39.9 Å². The largest absolute Gasteiger partial charge is 0.487 e. The maximum atomic E-state index is 13.3. The van der Waals surface area contributed by atoms with E-state index in [1.54, 1.807) is 19.1 Å². The summed E-state index contributed by atoms with van der Waals surface area (Å²) in [6.07, 6.45) is -3.09. The number of carbonyl (C=O) groups is 1. The van der Waals surface area contributed by atoms with Gasteiger partial charge in [0.2, 0.25) is 5.88 Å². The quantitative estimate of drug-likeness (QED) is 0.351. The van der Waals surface area contributed by atoms with Gasteiger partial charge in [0.05, 0.1) is 21.6 Å². The third-order valence-electron chi connectivity index (χ3n) is 3.60. The number of carbonyl (C=O) groups excluding carboxylic acids is 1. The summed E-state index contributed by atoms with van der Waals surface area (Å²) >= 11 is 6.07. The zero-order chi connectivity index (χ0) is 20.9. The van der Waals surface area contributed by atoms with E-state index in [4.69, 9.17) is 16.3 Å². The lowest BCUT2D eigenvalue weighted by molar-refractivity contribution is -0.385.